The zero-order valence-electron chi connectivity index (χ0n) is 20.6. The number of esters is 1. The van der Waals surface area contributed by atoms with Crippen LogP contribution in [-0.4, -0.2) is 38.0 Å². The molecule has 0 spiro atoms. The number of hydrogen-bond acceptors (Lipinski definition) is 4. The summed E-state index contributed by atoms with van der Waals surface area (Å²) in [5.74, 6) is -0.634. The van der Waals surface area contributed by atoms with Gasteiger partial charge in [0.15, 0.2) is 0 Å². The van der Waals surface area contributed by atoms with Crippen LogP contribution in [0.5, 0.6) is 0 Å². The molecule has 2 rings (SSSR count). The van der Waals surface area contributed by atoms with Gasteiger partial charge in [0.1, 0.15) is 6.61 Å². The zero-order valence-corrected chi connectivity index (χ0v) is 20.6. The number of methoxy groups -OCH3 is 1. The fourth-order valence-electron chi connectivity index (χ4n) is 4.00. The number of rotatable bonds is 15. The Balaban J connectivity index is 1.96. The Morgan fingerprint density at radius 2 is 1.64 bits per heavy atom. The van der Waals surface area contributed by atoms with Gasteiger partial charge in [-0.05, 0) is 59.9 Å². The average molecular weight is 453 g/mol. The van der Waals surface area contributed by atoms with Crippen LogP contribution in [0.25, 0.3) is 0 Å². The second kappa shape index (κ2) is 14.7. The van der Waals surface area contributed by atoms with Crippen molar-refractivity contribution in [2.75, 3.05) is 26.9 Å². The Bertz CT molecular complexity index is 870. The van der Waals surface area contributed by atoms with Crippen molar-refractivity contribution < 1.29 is 19.4 Å². The van der Waals surface area contributed by atoms with E-state index in [2.05, 4.69) is 62.9 Å². The number of unbranched alkanes of at least 4 members (excludes halogenated alkanes) is 2. The molecule has 2 aromatic carbocycles. The number of carbonyl (C=O) groups is 1. The second-order valence-corrected chi connectivity index (χ2v) is 8.67. The highest BCUT2D eigenvalue weighted by atomic mass is 16.5. The van der Waals surface area contributed by atoms with Gasteiger partial charge < -0.3 is 14.6 Å². The van der Waals surface area contributed by atoms with Crippen LogP contribution in [0.3, 0.4) is 0 Å². The van der Waals surface area contributed by atoms with Crippen molar-refractivity contribution in [2.45, 2.75) is 64.7 Å². The standard InChI is InChI=1S/C29H40O4/c1-5-7-8-9-26-17-14-24(18-25(26)6-2)11-10-23-12-15-27(16-13-23)28(20-32-4)21-33-29(31)22(3)19-30/h12-18,28,30H,3,5-11,19-21H2,1-2,4H3. The Labute approximate surface area is 199 Å². The van der Waals surface area contributed by atoms with Crippen LogP contribution in [0, 0.1) is 0 Å². The zero-order chi connectivity index (χ0) is 24.1. The summed E-state index contributed by atoms with van der Waals surface area (Å²) in [7, 11) is 1.63. The summed E-state index contributed by atoms with van der Waals surface area (Å²) in [6, 6.07) is 15.5. The molecule has 0 bridgehead atoms. The van der Waals surface area contributed by atoms with Gasteiger partial charge in [0.05, 0.1) is 18.8 Å². The summed E-state index contributed by atoms with van der Waals surface area (Å²) in [4.78, 5) is 11.8. The summed E-state index contributed by atoms with van der Waals surface area (Å²) >= 11 is 0. The van der Waals surface area contributed by atoms with Gasteiger partial charge >= 0.3 is 5.97 Å². The number of ether oxygens (including phenoxy) is 2. The van der Waals surface area contributed by atoms with Gasteiger partial charge in [-0.15, -0.1) is 0 Å². The molecule has 0 aliphatic heterocycles. The maximum absolute atomic E-state index is 11.8. The van der Waals surface area contributed by atoms with Crippen LogP contribution in [0.2, 0.25) is 0 Å². The Morgan fingerprint density at radius 3 is 2.27 bits per heavy atom. The van der Waals surface area contributed by atoms with E-state index < -0.39 is 12.6 Å². The smallest absolute Gasteiger partial charge is 0.335 e. The lowest BCUT2D eigenvalue weighted by Gasteiger charge is -2.17. The highest BCUT2D eigenvalue weighted by molar-refractivity contribution is 5.87. The quantitative estimate of drug-likeness (QED) is 0.217. The molecule has 1 N–H and O–H groups in total. The number of carbonyl (C=O) groups excluding carboxylic acids is 1. The topological polar surface area (TPSA) is 55.8 Å². The molecule has 33 heavy (non-hydrogen) atoms. The maximum atomic E-state index is 11.8. The first kappa shape index (κ1) is 26.8. The minimum absolute atomic E-state index is 0.0572. The Kier molecular flexibility index (Phi) is 11.9. The molecule has 1 atom stereocenters. The van der Waals surface area contributed by atoms with E-state index in [1.165, 1.54) is 47.9 Å². The third kappa shape index (κ3) is 8.79. The van der Waals surface area contributed by atoms with Gasteiger partial charge in [-0.2, -0.15) is 0 Å². The summed E-state index contributed by atoms with van der Waals surface area (Å²) in [5, 5.41) is 9.02. The number of hydrogen-bond donors (Lipinski definition) is 1. The summed E-state index contributed by atoms with van der Waals surface area (Å²) in [6.45, 7) is 8.24. The Hall–Kier alpha value is -2.43. The van der Waals surface area contributed by atoms with E-state index in [1.807, 2.05) is 0 Å². The average Bonchev–Trinajstić information content (AvgIpc) is 2.85. The van der Waals surface area contributed by atoms with Crippen molar-refractivity contribution in [3.63, 3.8) is 0 Å². The fraction of sp³-hybridized carbons (Fsp3) is 0.483. The molecule has 2 aromatic rings. The van der Waals surface area contributed by atoms with Crippen molar-refractivity contribution in [1.29, 1.82) is 0 Å². The van der Waals surface area contributed by atoms with Crippen LogP contribution in [-0.2, 0) is 40.0 Å². The molecule has 0 saturated carbocycles. The predicted octanol–water partition coefficient (Wildman–Crippen LogP) is 5.59. The molecule has 0 fully saturated rings. The van der Waals surface area contributed by atoms with Gasteiger partial charge in [0.25, 0.3) is 0 Å². The Morgan fingerprint density at radius 1 is 0.939 bits per heavy atom. The van der Waals surface area contributed by atoms with Crippen LogP contribution >= 0.6 is 0 Å². The highest BCUT2D eigenvalue weighted by Crippen LogP contribution is 2.21. The molecule has 0 amide bonds. The molecule has 0 heterocycles. The van der Waals surface area contributed by atoms with E-state index in [0.29, 0.717) is 6.61 Å². The molecule has 4 nitrogen and oxygen atoms in total. The monoisotopic (exact) mass is 452 g/mol. The third-order valence-corrected chi connectivity index (χ3v) is 6.12. The maximum Gasteiger partial charge on any atom is 0.335 e. The first-order valence-corrected chi connectivity index (χ1v) is 12.2. The van der Waals surface area contributed by atoms with Gasteiger partial charge in [-0.1, -0.05) is 75.7 Å². The fourth-order valence-corrected chi connectivity index (χ4v) is 4.00. The molecular formula is C29H40O4. The number of benzene rings is 2. The van der Waals surface area contributed by atoms with Crippen molar-refractivity contribution in [2.24, 2.45) is 0 Å². The molecule has 0 aliphatic carbocycles. The minimum Gasteiger partial charge on any atom is -0.462 e. The highest BCUT2D eigenvalue weighted by Gasteiger charge is 2.16. The van der Waals surface area contributed by atoms with Crippen molar-refractivity contribution in [3.05, 3.63) is 82.4 Å². The predicted molar refractivity (Wildman–Crippen MR) is 135 cm³/mol. The lowest BCUT2D eigenvalue weighted by Crippen LogP contribution is -2.18. The number of aliphatic hydroxyl groups is 1. The molecule has 180 valence electrons. The first-order valence-electron chi connectivity index (χ1n) is 12.2. The van der Waals surface area contributed by atoms with E-state index in [-0.39, 0.29) is 18.1 Å². The molecule has 0 aromatic heterocycles. The van der Waals surface area contributed by atoms with Crippen molar-refractivity contribution >= 4 is 5.97 Å². The van der Waals surface area contributed by atoms with Crippen LogP contribution in [0.4, 0.5) is 0 Å². The van der Waals surface area contributed by atoms with Crippen LogP contribution in [0.15, 0.2) is 54.6 Å². The van der Waals surface area contributed by atoms with Crippen LogP contribution in [0.1, 0.15) is 66.8 Å². The summed E-state index contributed by atoms with van der Waals surface area (Å²) in [6.07, 6.45) is 8.10. The second-order valence-electron chi connectivity index (χ2n) is 8.67. The first-order chi connectivity index (χ1) is 16.0. The van der Waals surface area contributed by atoms with Gasteiger partial charge in [-0.3, -0.25) is 0 Å². The molecule has 4 heteroatoms. The van der Waals surface area contributed by atoms with E-state index in [9.17, 15) is 4.79 Å². The molecule has 0 aliphatic rings. The molecule has 1 unspecified atom stereocenters. The summed E-state index contributed by atoms with van der Waals surface area (Å²) < 4.78 is 10.6. The van der Waals surface area contributed by atoms with E-state index in [1.54, 1.807) is 7.11 Å². The van der Waals surface area contributed by atoms with Crippen molar-refractivity contribution in [1.82, 2.24) is 0 Å². The van der Waals surface area contributed by atoms with Crippen molar-refractivity contribution in [3.8, 4) is 0 Å². The van der Waals surface area contributed by atoms with Gasteiger partial charge in [0.2, 0.25) is 0 Å². The normalized spacial score (nSPS) is 11.9. The molecule has 0 saturated heterocycles. The third-order valence-electron chi connectivity index (χ3n) is 6.12. The van der Waals surface area contributed by atoms with Crippen LogP contribution < -0.4 is 0 Å². The van der Waals surface area contributed by atoms with E-state index >= 15 is 0 Å². The minimum atomic E-state index is -0.571. The SMILES string of the molecule is C=C(CO)C(=O)OCC(COC)c1ccc(CCc2ccc(CCCCC)c(CC)c2)cc1. The molecule has 0 radical (unpaired) electrons. The largest absolute Gasteiger partial charge is 0.462 e. The van der Waals surface area contributed by atoms with E-state index in [0.717, 1.165) is 24.8 Å². The molecular weight excluding hydrogens is 412 g/mol. The number of aryl methyl sites for hydroxylation is 4. The van der Waals surface area contributed by atoms with Gasteiger partial charge in [0, 0.05) is 13.0 Å². The lowest BCUT2D eigenvalue weighted by atomic mass is 9.94. The van der Waals surface area contributed by atoms with Gasteiger partial charge in [-0.25, -0.2) is 4.79 Å². The number of aliphatic hydroxyl groups excluding tert-OH is 1. The van der Waals surface area contributed by atoms with E-state index in [4.69, 9.17) is 14.6 Å². The summed E-state index contributed by atoms with van der Waals surface area (Å²) in [5.41, 5.74) is 6.79. The lowest BCUT2D eigenvalue weighted by molar-refractivity contribution is -0.140.